The number of hydrogen-bond donors (Lipinski definition) is 0. The Bertz CT molecular complexity index is 813. The first-order valence-corrected chi connectivity index (χ1v) is 7.58. The van der Waals surface area contributed by atoms with Crippen LogP contribution in [0.25, 0.3) is 17.1 Å². The van der Waals surface area contributed by atoms with Crippen molar-refractivity contribution in [3.05, 3.63) is 54.4 Å². The van der Waals surface area contributed by atoms with Crippen LogP contribution in [0, 0.1) is 6.92 Å². The summed E-state index contributed by atoms with van der Waals surface area (Å²) in [6.07, 6.45) is 3.71. The van der Waals surface area contributed by atoms with Crippen molar-refractivity contribution in [2.75, 3.05) is 21.3 Å². The molecule has 0 N–H and O–H groups in total. The molecular weight excluding hydrogens is 304 g/mol. The van der Waals surface area contributed by atoms with Gasteiger partial charge in [0.1, 0.15) is 5.82 Å². The molecule has 3 aromatic rings. The Kier molecular flexibility index (Phi) is 4.42. The van der Waals surface area contributed by atoms with Crippen LogP contribution in [0.15, 0.2) is 48.8 Å². The van der Waals surface area contributed by atoms with Crippen molar-refractivity contribution in [1.82, 2.24) is 9.55 Å². The summed E-state index contributed by atoms with van der Waals surface area (Å²) >= 11 is 0. The molecule has 0 atom stereocenters. The van der Waals surface area contributed by atoms with Crippen LogP contribution in [0.5, 0.6) is 17.2 Å². The van der Waals surface area contributed by atoms with E-state index in [1.807, 2.05) is 22.9 Å². The predicted molar refractivity (Wildman–Crippen MR) is 93.4 cm³/mol. The molecule has 0 spiro atoms. The summed E-state index contributed by atoms with van der Waals surface area (Å²) in [5.74, 6) is 2.57. The summed E-state index contributed by atoms with van der Waals surface area (Å²) in [6, 6.07) is 12.1. The van der Waals surface area contributed by atoms with Crippen molar-refractivity contribution in [1.29, 1.82) is 0 Å². The average molecular weight is 324 g/mol. The van der Waals surface area contributed by atoms with Gasteiger partial charge in [0.2, 0.25) is 5.75 Å². The summed E-state index contributed by atoms with van der Waals surface area (Å²) in [6.45, 7) is 2.07. The molecule has 0 unspecified atom stereocenters. The first kappa shape index (κ1) is 15.9. The zero-order valence-corrected chi connectivity index (χ0v) is 14.2. The molecular formula is C19H20N2O3. The van der Waals surface area contributed by atoms with Gasteiger partial charge in [0.15, 0.2) is 11.5 Å². The quantitative estimate of drug-likeness (QED) is 0.714. The van der Waals surface area contributed by atoms with Crippen LogP contribution in [0.4, 0.5) is 0 Å². The van der Waals surface area contributed by atoms with Crippen molar-refractivity contribution in [2.24, 2.45) is 0 Å². The Hall–Kier alpha value is -2.95. The van der Waals surface area contributed by atoms with Gasteiger partial charge in [-0.1, -0.05) is 17.7 Å². The summed E-state index contributed by atoms with van der Waals surface area (Å²) in [5.41, 5.74) is 3.14. The lowest BCUT2D eigenvalue weighted by Crippen LogP contribution is -1.99. The van der Waals surface area contributed by atoms with Crippen LogP contribution in [-0.4, -0.2) is 30.9 Å². The molecule has 0 fully saturated rings. The van der Waals surface area contributed by atoms with Gasteiger partial charge in [0.25, 0.3) is 0 Å². The van der Waals surface area contributed by atoms with Crippen molar-refractivity contribution < 1.29 is 14.2 Å². The lowest BCUT2D eigenvalue weighted by molar-refractivity contribution is 0.324. The van der Waals surface area contributed by atoms with Gasteiger partial charge in [-0.2, -0.15) is 0 Å². The molecule has 0 aliphatic heterocycles. The standard InChI is InChI=1S/C19H20N2O3/c1-13-5-7-15(8-6-13)21-10-9-20-19(21)14-11-16(22-2)18(24-4)17(12-14)23-3/h5-12H,1-4H3. The smallest absolute Gasteiger partial charge is 0.203 e. The van der Waals surface area contributed by atoms with E-state index in [1.165, 1.54) is 5.56 Å². The normalized spacial score (nSPS) is 10.5. The minimum Gasteiger partial charge on any atom is -0.493 e. The minimum atomic E-state index is 0.567. The van der Waals surface area contributed by atoms with Gasteiger partial charge in [0, 0.05) is 23.6 Å². The van der Waals surface area contributed by atoms with Crippen molar-refractivity contribution in [2.45, 2.75) is 6.92 Å². The molecule has 1 aromatic heterocycles. The second-order valence-electron chi connectivity index (χ2n) is 5.37. The summed E-state index contributed by atoms with van der Waals surface area (Å²) in [7, 11) is 4.80. The minimum absolute atomic E-state index is 0.567. The largest absolute Gasteiger partial charge is 0.493 e. The fourth-order valence-electron chi connectivity index (χ4n) is 2.64. The molecule has 2 aromatic carbocycles. The van der Waals surface area contributed by atoms with E-state index in [0.29, 0.717) is 17.2 Å². The second-order valence-corrected chi connectivity index (χ2v) is 5.37. The number of ether oxygens (including phenoxy) is 3. The van der Waals surface area contributed by atoms with Crippen LogP contribution in [-0.2, 0) is 0 Å². The van der Waals surface area contributed by atoms with E-state index in [0.717, 1.165) is 17.1 Å². The topological polar surface area (TPSA) is 45.5 Å². The highest BCUT2D eigenvalue weighted by Crippen LogP contribution is 2.41. The third kappa shape index (κ3) is 2.80. The monoisotopic (exact) mass is 324 g/mol. The highest BCUT2D eigenvalue weighted by Gasteiger charge is 2.17. The number of hydrogen-bond acceptors (Lipinski definition) is 4. The molecule has 0 saturated carbocycles. The Labute approximate surface area is 141 Å². The highest BCUT2D eigenvalue weighted by atomic mass is 16.5. The number of benzene rings is 2. The Balaban J connectivity index is 2.14. The van der Waals surface area contributed by atoms with E-state index in [-0.39, 0.29) is 0 Å². The van der Waals surface area contributed by atoms with Gasteiger partial charge in [-0.05, 0) is 31.2 Å². The lowest BCUT2D eigenvalue weighted by Gasteiger charge is -2.15. The van der Waals surface area contributed by atoms with Crippen LogP contribution in [0.1, 0.15) is 5.56 Å². The lowest BCUT2D eigenvalue weighted by atomic mass is 10.1. The molecule has 0 saturated heterocycles. The number of imidazole rings is 1. The van der Waals surface area contributed by atoms with Crippen molar-refractivity contribution in [3.8, 4) is 34.3 Å². The third-order valence-electron chi connectivity index (χ3n) is 3.88. The van der Waals surface area contributed by atoms with E-state index < -0.39 is 0 Å². The van der Waals surface area contributed by atoms with Crippen molar-refractivity contribution >= 4 is 0 Å². The molecule has 24 heavy (non-hydrogen) atoms. The number of nitrogens with zero attached hydrogens (tertiary/aromatic N) is 2. The van der Waals surface area contributed by atoms with Crippen molar-refractivity contribution in [3.63, 3.8) is 0 Å². The van der Waals surface area contributed by atoms with E-state index in [2.05, 4.69) is 36.2 Å². The molecule has 0 aliphatic rings. The maximum Gasteiger partial charge on any atom is 0.203 e. The Morgan fingerprint density at radius 3 is 2.04 bits per heavy atom. The van der Waals surface area contributed by atoms with E-state index in [9.17, 15) is 0 Å². The Morgan fingerprint density at radius 2 is 1.50 bits per heavy atom. The van der Waals surface area contributed by atoms with Crippen LogP contribution < -0.4 is 14.2 Å². The number of rotatable bonds is 5. The fraction of sp³-hybridized carbons (Fsp3) is 0.211. The van der Waals surface area contributed by atoms with Crippen LogP contribution in [0.2, 0.25) is 0 Å². The Morgan fingerprint density at radius 1 is 0.875 bits per heavy atom. The number of aromatic nitrogens is 2. The molecule has 0 amide bonds. The molecule has 1 heterocycles. The van der Waals surface area contributed by atoms with Gasteiger partial charge in [0.05, 0.1) is 21.3 Å². The van der Waals surface area contributed by atoms with Gasteiger partial charge in [-0.3, -0.25) is 4.57 Å². The highest BCUT2D eigenvalue weighted by molar-refractivity contribution is 5.68. The number of methoxy groups -OCH3 is 3. The molecule has 124 valence electrons. The van der Waals surface area contributed by atoms with Gasteiger partial charge < -0.3 is 14.2 Å². The predicted octanol–water partition coefficient (Wildman–Crippen LogP) is 3.87. The maximum absolute atomic E-state index is 5.44. The number of aryl methyl sites for hydroxylation is 1. The zero-order chi connectivity index (χ0) is 17.1. The average Bonchev–Trinajstić information content (AvgIpc) is 3.10. The molecule has 5 nitrogen and oxygen atoms in total. The van der Waals surface area contributed by atoms with Gasteiger partial charge in [-0.15, -0.1) is 0 Å². The first-order valence-electron chi connectivity index (χ1n) is 7.58. The molecule has 0 radical (unpaired) electrons. The SMILES string of the molecule is COc1cc(-c2nccn2-c2ccc(C)cc2)cc(OC)c1OC. The first-order chi connectivity index (χ1) is 11.7. The van der Waals surface area contributed by atoms with Crippen LogP contribution >= 0.6 is 0 Å². The van der Waals surface area contributed by atoms with E-state index in [4.69, 9.17) is 14.2 Å². The van der Waals surface area contributed by atoms with E-state index >= 15 is 0 Å². The molecule has 0 aliphatic carbocycles. The summed E-state index contributed by atoms with van der Waals surface area (Å²) < 4.78 is 18.3. The molecule has 3 rings (SSSR count). The summed E-state index contributed by atoms with van der Waals surface area (Å²) in [4.78, 5) is 4.50. The molecule has 0 bridgehead atoms. The molecule has 5 heteroatoms. The van der Waals surface area contributed by atoms with Gasteiger partial charge >= 0.3 is 0 Å². The second kappa shape index (κ2) is 6.66. The fourth-order valence-corrected chi connectivity index (χ4v) is 2.64. The van der Waals surface area contributed by atoms with Gasteiger partial charge in [-0.25, -0.2) is 4.98 Å². The zero-order valence-electron chi connectivity index (χ0n) is 14.2. The van der Waals surface area contributed by atoms with Crippen LogP contribution in [0.3, 0.4) is 0 Å². The third-order valence-corrected chi connectivity index (χ3v) is 3.88. The summed E-state index contributed by atoms with van der Waals surface area (Å²) in [5, 5.41) is 0. The maximum atomic E-state index is 5.44. The van der Waals surface area contributed by atoms with E-state index in [1.54, 1.807) is 27.5 Å².